The van der Waals surface area contributed by atoms with E-state index in [4.69, 9.17) is 5.11 Å². The predicted octanol–water partition coefficient (Wildman–Crippen LogP) is 0.471. The second kappa shape index (κ2) is 13.8. The van der Waals surface area contributed by atoms with E-state index < -0.39 is 29.6 Å². The molecule has 0 bridgehead atoms. The molecule has 1 aliphatic carbocycles. The van der Waals surface area contributed by atoms with E-state index in [-0.39, 0.29) is 44.0 Å². The van der Waals surface area contributed by atoms with Gasteiger partial charge in [0, 0.05) is 13.5 Å². The summed E-state index contributed by atoms with van der Waals surface area (Å²) in [5.74, 6) is -0.853. The van der Waals surface area contributed by atoms with Gasteiger partial charge in [0.25, 0.3) is 0 Å². The van der Waals surface area contributed by atoms with Crippen LogP contribution in [0.2, 0.25) is 0 Å². The van der Waals surface area contributed by atoms with Gasteiger partial charge in [0.1, 0.15) is 0 Å². The summed E-state index contributed by atoms with van der Waals surface area (Å²) in [4.78, 5) is 37.8. The van der Waals surface area contributed by atoms with Gasteiger partial charge in [0.2, 0.25) is 5.91 Å². The number of aryl methyl sites for hydroxylation is 1. The monoisotopic (exact) mass is 517 g/mol. The molecule has 0 radical (unpaired) electrons. The second-order valence-electron chi connectivity index (χ2n) is 8.18. The number of aliphatic hydroxyl groups is 1. The number of carbonyl (C=O) groups is 2. The molecular formula is C24H27F3LiN3O4S-2. The van der Waals surface area contributed by atoms with Crippen LogP contribution in [0.15, 0.2) is 29.8 Å². The van der Waals surface area contributed by atoms with Gasteiger partial charge in [0.05, 0.1) is 27.4 Å². The third-order valence-corrected chi connectivity index (χ3v) is 6.35. The quantitative estimate of drug-likeness (QED) is 0.331. The van der Waals surface area contributed by atoms with E-state index in [0.717, 1.165) is 23.7 Å². The van der Waals surface area contributed by atoms with Crippen molar-refractivity contribution < 1.29 is 51.5 Å². The Morgan fingerprint density at radius 2 is 1.92 bits per heavy atom. The topological polar surface area (TPSA) is 108 Å². The molecule has 1 heterocycles. The molecule has 3 rings (SSSR count). The number of rotatable bonds is 9. The van der Waals surface area contributed by atoms with Crippen molar-refractivity contribution >= 4 is 29.4 Å². The van der Waals surface area contributed by atoms with Crippen LogP contribution in [-0.4, -0.2) is 46.5 Å². The fourth-order valence-corrected chi connectivity index (χ4v) is 4.02. The smallest absolute Gasteiger partial charge is 0.540 e. The van der Waals surface area contributed by atoms with E-state index in [2.05, 4.69) is 17.2 Å². The molecule has 2 atom stereocenters. The second-order valence-corrected chi connectivity index (χ2v) is 9.04. The third kappa shape index (κ3) is 8.96. The van der Waals surface area contributed by atoms with Crippen LogP contribution in [0.5, 0.6) is 0 Å². The first-order chi connectivity index (χ1) is 16.4. The number of halogens is 3. The third-order valence-electron chi connectivity index (χ3n) is 5.37. The largest absolute Gasteiger partial charge is 1.00 e. The SMILES string of the molecule is CC(=O)N[C@H]([C-]=O)C1(C(F)(F)F)CC1.[CH2-][C@H](O)C[CH-]C(=O)NCc1ccc(-c2scnc2C)cc1.[Li+]. The fraction of sp³-hybridized carbons (Fsp3) is 0.417. The van der Waals surface area contributed by atoms with Gasteiger partial charge in [-0.1, -0.05) is 36.4 Å². The summed E-state index contributed by atoms with van der Waals surface area (Å²) >= 11 is 1.62. The molecule has 1 aliphatic rings. The minimum atomic E-state index is -4.46. The minimum Gasteiger partial charge on any atom is -0.540 e. The summed E-state index contributed by atoms with van der Waals surface area (Å²) in [7, 11) is 0. The molecule has 0 spiro atoms. The maximum atomic E-state index is 12.5. The Morgan fingerprint density at radius 3 is 2.33 bits per heavy atom. The fourth-order valence-electron chi connectivity index (χ4n) is 3.21. The molecule has 1 saturated carbocycles. The molecule has 1 fully saturated rings. The van der Waals surface area contributed by atoms with Gasteiger partial charge < -0.3 is 38.7 Å². The molecule has 2 amide bonds. The van der Waals surface area contributed by atoms with Gasteiger partial charge in [-0.3, -0.25) is 4.79 Å². The molecule has 12 heteroatoms. The molecule has 36 heavy (non-hydrogen) atoms. The molecular weight excluding hydrogens is 490 g/mol. The van der Waals surface area contributed by atoms with Crippen LogP contribution < -0.4 is 29.5 Å². The zero-order valence-electron chi connectivity index (χ0n) is 20.3. The zero-order valence-corrected chi connectivity index (χ0v) is 21.1. The van der Waals surface area contributed by atoms with Gasteiger partial charge in [-0.2, -0.15) is 19.6 Å². The van der Waals surface area contributed by atoms with E-state index >= 15 is 0 Å². The van der Waals surface area contributed by atoms with Crippen molar-refractivity contribution in [3.05, 3.63) is 54.4 Å². The number of alkyl halides is 3. The molecule has 7 nitrogen and oxygen atoms in total. The van der Waals surface area contributed by atoms with Crippen LogP contribution in [0.4, 0.5) is 13.2 Å². The van der Waals surface area contributed by atoms with E-state index in [0.29, 0.717) is 6.54 Å². The van der Waals surface area contributed by atoms with Gasteiger partial charge in [-0.05, 0) is 30.9 Å². The summed E-state index contributed by atoms with van der Waals surface area (Å²) in [5, 5.41) is 13.7. The Kier molecular flexibility index (Phi) is 12.2. The van der Waals surface area contributed by atoms with Gasteiger partial charge in [-0.15, -0.1) is 11.3 Å². The zero-order chi connectivity index (χ0) is 26.2. The Morgan fingerprint density at radius 1 is 1.31 bits per heavy atom. The standard InChI is InChI=1S/C16H18N2O2S.C8H9F3NO2.Li/c1-11(19)3-8-15(20)17-9-13-4-6-14(7-5-13)16-12(2)18-10-21-16;1-5(14)12-6(4-13)7(2-3-7)8(9,10)11;/h4-8,10-11,19H,1,3,9H2,2H3,(H,17,20);6H,2-3H2,1H3,(H,12,14);/q-2;-1;+1/t11-;6-;/m01./s1. The van der Waals surface area contributed by atoms with E-state index in [1.54, 1.807) is 11.3 Å². The molecule has 3 N–H and O–H groups in total. The number of carbonyl (C=O) groups excluding carboxylic acids is 3. The Bertz CT molecular complexity index is 1010. The Hall–Kier alpha value is -2.32. The van der Waals surface area contributed by atoms with Crippen LogP contribution in [0.1, 0.15) is 37.4 Å². The summed E-state index contributed by atoms with van der Waals surface area (Å²) in [5.41, 5.74) is 2.96. The number of nitrogens with one attached hydrogen (secondary N) is 2. The number of aromatic nitrogens is 1. The van der Waals surface area contributed by atoms with Crippen LogP contribution in [0.25, 0.3) is 10.4 Å². The molecule has 2 aromatic rings. The average molecular weight is 517 g/mol. The number of hydrogen-bond donors (Lipinski definition) is 3. The number of benzene rings is 1. The van der Waals surface area contributed by atoms with E-state index in [1.807, 2.05) is 42.0 Å². The van der Waals surface area contributed by atoms with Gasteiger partial charge in [0.15, 0.2) is 0 Å². The first-order valence-corrected chi connectivity index (χ1v) is 11.6. The number of nitrogens with zero attached hydrogens (tertiary/aromatic N) is 1. The first-order valence-electron chi connectivity index (χ1n) is 10.7. The average Bonchev–Trinajstić information content (AvgIpc) is 3.51. The van der Waals surface area contributed by atoms with Crippen LogP contribution in [0.3, 0.4) is 0 Å². The maximum absolute atomic E-state index is 12.5. The molecule has 1 aromatic heterocycles. The molecule has 192 valence electrons. The molecule has 0 saturated heterocycles. The van der Waals surface area contributed by atoms with E-state index in [1.165, 1.54) is 17.6 Å². The first kappa shape index (κ1) is 31.7. The Balaban J connectivity index is 0.000000379. The summed E-state index contributed by atoms with van der Waals surface area (Å²) < 4.78 is 37.4. The van der Waals surface area contributed by atoms with Gasteiger partial charge >= 0.3 is 25.0 Å². The van der Waals surface area contributed by atoms with Crippen LogP contribution in [0, 0.1) is 25.7 Å². The summed E-state index contributed by atoms with van der Waals surface area (Å²) in [6.45, 7) is 6.93. The molecule has 0 aliphatic heterocycles. The molecule has 1 aromatic carbocycles. The Labute approximate surface area is 224 Å². The van der Waals surface area contributed by atoms with Crippen molar-refractivity contribution in [1.29, 1.82) is 0 Å². The maximum Gasteiger partial charge on any atom is 1.00 e. The van der Waals surface area contributed by atoms with Crippen molar-refractivity contribution in [2.45, 2.75) is 58.0 Å². The number of hydrogen-bond acceptors (Lipinski definition) is 6. The van der Waals surface area contributed by atoms with Crippen molar-refractivity contribution in [2.24, 2.45) is 5.41 Å². The van der Waals surface area contributed by atoms with Crippen molar-refractivity contribution in [1.82, 2.24) is 15.6 Å². The van der Waals surface area contributed by atoms with Crippen LogP contribution >= 0.6 is 11.3 Å². The van der Waals surface area contributed by atoms with E-state index in [9.17, 15) is 27.6 Å². The van der Waals surface area contributed by atoms with Crippen LogP contribution in [-0.2, 0) is 20.9 Å². The van der Waals surface area contributed by atoms with Crippen molar-refractivity contribution in [2.75, 3.05) is 0 Å². The summed E-state index contributed by atoms with van der Waals surface area (Å²) in [6.07, 6.45) is -2.55. The minimum absolute atomic E-state index is 0. The number of aliphatic hydroxyl groups excluding tert-OH is 1. The predicted molar refractivity (Wildman–Crippen MR) is 125 cm³/mol. The summed E-state index contributed by atoms with van der Waals surface area (Å²) in [6, 6.07) is 6.48. The van der Waals surface area contributed by atoms with Crippen molar-refractivity contribution in [3.8, 4) is 10.4 Å². The molecule has 0 unspecified atom stereocenters. The van der Waals surface area contributed by atoms with Crippen molar-refractivity contribution in [3.63, 3.8) is 0 Å². The number of thiazole rings is 1. The normalized spacial score (nSPS) is 15.2. The number of amides is 2. The van der Waals surface area contributed by atoms with Gasteiger partial charge in [-0.25, -0.2) is 11.3 Å².